The number of hydrogen-bond acceptors (Lipinski definition) is 5. The SMILES string of the molecule is N#CC1(NC(=O)C2CC(S(=O)(=O)c3ccc(-c4ccc(F)cc4F)cc3C(F)(F)F)CN2C(=O)C2(C(F)(F)F)CC2)CC1. The van der Waals surface area contributed by atoms with E-state index in [1.54, 1.807) is 0 Å². The highest BCUT2D eigenvalue weighted by atomic mass is 32.2. The molecule has 0 radical (unpaired) electrons. The Kier molecular flexibility index (Phi) is 7.07. The van der Waals surface area contributed by atoms with E-state index in [0.717, 1.165) is 18.2 Å². The zero-order valence-electron chi connectivity index (χ0n) is 21.8. The molecule has 2 unspecified atom stereocenters. The molecule has 16 heteroatoms. The topological polar surface area (TPSA) is 107 Å². The second-order valence-corrected chi connectivity index (χ2v) is 13.2. The van der Waals surface area contributed by atoms with Gasteiger partial charge in [0.15, 0.2) is 9.84 Å². The summed E-state index contributed by atoms with van der Waals surface area (Å²) >= 11 is 0. The average molecular weight is 636 g/mol. The van der Waals surface area contributed by atoms with Gasteiger partial charge in [-0.25, -0.2) is 17.2 Å². The van der Waals surface area contributed by atoms with Gasteiger partial charge < -0.3 is 10.2 Å². The number of halogens is 8. The quantitative estimate of drug-likeness (QED) is 0.455. The Morgan fingerprint density at radius 2 is 1.63 bits per heavy atom. The Hall–Kier alpha value is -3.74. The first kappa shape index (κ1) is 30.7. The van der Waals surface area contributed by atoms with Crippen LogP contribution < -0.4 is 5.32 Å². The van der Waals surface area contributed by atoms with Gasteiger partial charge in [0.05, 0.1) is 21.8 Å². The van der Waals surface area contributed by atoms with E-state index in [2.05, 4.69) is 5.32 Å². The van der Waals surface area contributed by atoms with Gasteiger partial charge >= 0.3 is 12.4 Å². The van der Waals surface area contributed by atoms with Crippen LogP contribution in [0, 0.1) is 28.4 Å². The molecule has 0 aromatic heterocycles. The zero-order chi connectivity index (χ0) is 31.8. The van der Waals surface area contributed by atoms with E-state index in [4.69, 9.17) is 0 Å². The smallest absolute Gasteiger partial charge is 0.336 e. The van der Waals surface area contributed by atoms with Crippen molar-refractivity contribution in [1.82, 2.24) is 10.2 Å². The number of benzene rings is 2. The number of carbonyl (C=O) groups is 2. The van der Waals surface area contributed by atoms with Crippen molar-refractivity contribution in [1.29, 1.82) is 5.26 Å². The largest absolute Gasteiger partial charge is 0.417 e. The van der Waals surface area contributed by atoms with Crippen LogP contribution in [-0.2, 0) is 25.6 Å². The van der Waals surface area contributed by atoms with Crippen molar-refractivity contribution in [2.45, 2.75) is 66.2 Å². The van der Waals surface area contributed by atoms with Crippen LogP contribution in [0.15, 0.2) is 41.3 Å². The monoisotopic (exact) mass is 635 g/mol. The van der Waals surface area contributed by atoms with Crippen molar-refractivity contribution < 1.29 is 53.1 Å². The third kappa shape index (κ3) is 5.32. The van der Waals surface area contributed by atoms with E-state index in [-0.39, 0.29) is 12.8 Å². The van der Waals surface area contributed by atoms with Gasteiger partial charge in [-0.1, -0.05) is 6.07 Å². The fourth-order valence-corrected chi connectivity index (χ4v) is 7.18. The lowest BCUT2D eigenvalue weighted by atomic mass is 10.0. The van der Waals surface area contributed by atoms with E-state index >= 15 is 0 Å². The van der Waals surface area contributed by atoms with Gasteiger partial charge in [-0.15, -0.1) is 0 Å². The summed E-state index contributed by atoms with van der Waals surface area (Å²) in [5.74, 6) is -4.89. The number of sulfone groups is 1. The number of nitriles is 1. The molecule has 2 amide bonds. The van der Waals surface area contributed by atoms with Gasteiger partial charge in [0.1, 0.15) is 28.6 Å². The molecule has 7 nitrogen and oxygen atoms in total. The molecular weight excluding hydrogens is 614 g/mol. The number of nitrogens with zero attached hydrogens (tertiary/aromatic N) is 2. The van der Waals surface area contributed by atoms with Crippen LogP contribution in [0.1, 0.15) is 37.7 Å². The lowest BCUT2D eigenvalue weighted by Crippen LogP contribution is -2.53. The highest BCUT2D eigenvalue weighted by molar-refractivity contribution is 7.92. The first-order chi connectivity index (χ1) is 19.8. The molecule has 2 atom stereocenters. The molecule has 0 bridgehead atoms. The van der Waals surface area contributed by atoms with E-state index in [1.807, 2.05) is 6.07 Å². The van der Waals surface area contributed by atoms with Gasteiger partial charge in [0.25, 0.3) is 0 Å². The predicted molar refractivity (Wildman–Crippen MR) is 131 cm³/mol. The van der Waals surface area contributed by atoms with Crippen LogP contribution in [0.4, 0.5) is 35.1 Å². The molecule has 43 heavy (non-hydrogen) atoms. The molecule has 1 aliphatic heterocycles. The Morgan fingerprint density at radius 3 is 2.14 bits per heavy atom. The van der Waals surface area contributed by atoms with Crippen LogP contribution in [0.25, 0.3) is 11.1 Å². The first-order valence-corrected chi connectivity index (χ1v) is 14.4. The van der Waals surface area contributed by atoms with E-state index < -0.39 is 115 Å². The van der Waals surface area contributed by atoms with Gasteiger partial charge in [0, 0.05) is 18.2 Å². The summed E-state index contributed by atoms with van der Waals surface area (Å²) in [5.41, 5.74) is -6.81. The van der Waals surface area contributed by atoms with Crippen LogP contribution in [0.2, 0.25) is 0 Å². The second kappa shape index (κ2) is 9.90. The highest BCUT2D eigenvalue weighted by Gasteiger charge is 2.70. The maximum absolute atomic E-state index is 14.3. The summed E-state index contributed by atoms with van der Waals surface area (Å²) in [6.07, 6.45) is -12.0. The number of rotatable bonds is 6. The Labute approximate surface area is 239 Å². The van der Waals surface area contributed by atoms with E-state index in [1.165, 1.54) is 0 Å². The molecule has 2 aromatic rings. The van der Waals surface area contributed by atoms with Gasteiger partial charge in [-0.05, 0) is 61.9 Å². The zero-order valence-corrected chi connectivity index (χ0v) is 22.6. The van der Waals surface area contributed by atoms with Gasteiger partial charge in [0.2, 0.25) is 11.8 Å². The molecule has 1 saturated heterocycles. The summed E-state index contributed by atoms with van der Waals surface area (Å²) in [5, 5.41) is 9.70. The fourth-order valence-electron chi connectivity index (χ4n) is 5.29. The minimum atomic E-state index is -5.32. The highest BCUT2D eigenvalue weighted by Crippen LogP contribution is 2.59. The predicted octanol–water partition coefficient (Wildman–Crippen LogP) is 4.91. The van der Waals surface area contributed by atoms with Crippen LogP contribution in [0.5, 0.6) is 0 Å². The summed E-state index contributed by atoms with van der Waals surface area (Å²) in [4.78, 5) is 25.4. The first-order valence-electron chi connectivity index (χ1n) is 12.9. The molecule has 2 aliphatic carbocycles. The normalized spacial score (nSPS) is 22.5. The van der Waals surface area contributed by atoms with Crippen molar-refractivity contribution in [2.75, 3.05) is 6.54 Å². The molecule has 2 aromatic carbocycles. The lowest BCUT2D eigenvalue weighted by molar-refractivity contribution is -0.199. The minimum absolute atomic E-state index is 0.208. The van der Waals surface area contributed by atoms with Crippen LogP contribution in [-0.4, -0.2) is 54.7 Å². The summed E-state index contributed by atoms with van der Waals surface area (Å²) in [6.45, 7) is -1.01. The van der Waals surface area contributed by atoms with Crippen LogP contribution in [0.3, 0.4) is 0 Å². The number of amides is 2. The third-order valence-corrected chi connectivity index (χ3v) is 10.3. The molecule has 2 saturated carbocycles. The molecule has 5 rings (SSSR count). The molecule has 1 heterocycles. The number of alkyl halides is 6. The van der Waals surface area contributed by atoms with Gasteiger partial charge in [-0.3, -0.25) is 9.59 Å². The molecule has 0 spiro atoms. The fraction of sp³-hybridized carbons (Fsp3) is 0.444. The Balaban J connectivity index is 1.53. The minimum Gasteiger partial charge on any atom is -0.336 e. The maximum atomic E-state index is 14.3. The van der Waals surface area contributed by atoms with E-state index in [9.17, 15) is 58.4 Å². The van der Waals surface area contributed by atoms with Crippen molar-refractivity contribution >= 4 is 21.7 Å². The molecule has 230 valence electrons. The average Bonchev–Trinajstić information content (AvgIpc) is 3.83. The van der Waals surface area contributed by atoms with E-state index in [0.29, 0.717) is 23.1 Å². The number of nitrogens with one attached hydrogen (secondary N) is 1. The standard InChI is InChI=1S/C27H21F8N3O4S/c28-15-2-3-17(19(29)10-15)14-1-4-21(18(9-14)26(30,31)32)43(41,42)16-11-20(22(39)37-24(13-36)5-6-24)38(12-16)23(40)25(7-8-25)27(33,34)35/h1-4,9-10,16,20H,5-8,11-12H2,(H,37,39). The van der Waals surface area contributed by atoms with Gasteiger partial charge in [-0.2, -0.15) is 31.6 Å². The number of hydrogen-bond donors (Lipinski definition) is 1. The molecule has 3 aliphatic rings. The van der Waals surface area contributed by atoms with Crippen molar-refractivity contribution in [2.24, 2.45) is 5.41 Å². The van der Waals surface area contributed by atoms with Crippen molar-refractivity contribution in [3.8, 4) is 17.2 Å². The Bertz CT molecular complexity index is 1660. The second-order valence-electron chi connectivity index (χ2n) is 11.0. The van der Waals surface area contributed by atoms with Crippen molar-refractivity contribution in [3.63, 3.8) is 0 Å². The molecule has 3 fully saturated rings. The number of likely N-dealkylation sites (tertiary alicyclic amines) is 1. The third-order valence-electron chi connectivity index (χ3n) is 8.13. The Morgan fingerprint density at radius 1 is 0.977 bits per heavy atom. The molecule has 1 N–H and O–H groups in total. The van der Waals surface area contributed by atoms with Crippen LogP contribution >= 0.6 is 0 Å². The summed E-state index contributed by atoms with van der Waals surface area (Å²) < 4.78 is 139. The summed E-state index contributed by atoms with van der Waals surface area (Å²) in [7, 11) is -5.09. The lowest BCUT2D eigenvalue weighted by Gasteiger charge is -2.29. The van der Waals surface area contributed by atoms with Crippen molar-refractivity contribution in [3.05, 3.63) is 53.6 Å². The number of carbonyl (C=O) groups excluding carboxylic acids is 2. The molecular formula is C27H21F8N3O4S. The summed E-state index contributed by atoms with van der Waals surface area (Å²) in [6, 6.07) is 3.84. The maximum Gasteiger partial charge on any atom is 0.417 e.